The van der Waals surface area contributed by atoms with Gasteiger partial charge in [-0.1, -0.05) is 17.7 Å². The van der Waals surface area contributed by atoms with Crippen LogP contribution in [0.1, 0.15) is 32.9 Å². The minimum Gasteiger partial charge on any atom is -0.321 e. The third-order valence-corrected chi connectivity index (χ3v) is 4.15. The van der Waals surface area contributed by atoms with Crippen LogP contribution >= 0.6 is 11.6 Å². The molecule has 1 amide bonds. The topological polar surface area (TPSA) is 46.4 Å². The van der Waals surface area contributed by atoms with Gasteiger partial charge in [0, 0.05) is 11.9 Å². The number of hydrogen-bond acceptors (Lipinski definition) is 2. The van der Waals surface area contributed by atoms with E-state index in [4.69, 9.17) is 11.6 Å². The normalized spacial score (nSPS) is 11.8. The van der Waals surface area contributed by atoms with Gasteiger partial charge >= 0.3 is 6.18 Å². The second kappa shape index (κ2) is 6.32. The lowest BCUT2D eigenvalue weighted by Crippen LogP contribution is -2.16. The number of halogens is 4. The van der Waals surface area contributed by atoms with Gasteiger partial charge in [0.15, 0.2) is 5.65 Å². The Kier molecular flexibility index (Phi) is 4.44. The molecule has 8 heteroatoms. The first-order valence-corrected chi connectivity index (χ1v) is 8.09. The summed E-state index contributed by atoms with van der Waals surface area (Å²) >= 11 is 5.94. The van der Waals surface area contributed by atoms with E-state index in [1.54, 1.807) is 19.1 Å². The number of aryl methyl sites for hydroxylation is 3. The Hall–Kier alpha value is -2.54. The monoisotopic (exact) mass is 381 g/mol. The zero-order chi connectivity index (χ0) is 19.2. The molecule has 0 saturated carbocycles. The van der Waals surface area contributed by atoms with Gasteiger partial charge in [-0.2, -0.15) is 13.2 Å². The summed E-state index contributed by atoms with van der Waals surface area (Å²) in [6.07, 6.45) is -3.75. The smallest absolute Gasteiger partial charge is 0.321 e. The molecule has 0 fully saturated rings. The number of carbonyl (C=O) groups is 1. The first-order chi connectivity index (χ1) is 12.1. The second-order valence-corrected chi connectivity index (χ2v) is 6.55. The van der Waals surface area contributed by atoms with Crippen molar-refractivity contribution < 1.29 is 18.0 Å². The molecule has 3 aromatic rings. The van der Waals surface area contributed by atoms with Crippen LogP contribution in [-0.2, 0) is 6.18 Å². The number of benzene rings is 1. The van der Waals surface area contributed by atoms with Crippen molar-refractivity contribution in [1.29, 1.82) is 0 Å². The lowest BCUT2D eigenvalue weighted by atomic mass is 10.1. The average Bonchev–Trinajstić information content (AvgIpc) is 2.82. The molecule has 0 saturated heterocycles. The van der Waals surface area contributed by atoms with Gasteiger partial charge in [-0.05, 0) is 50.1 Å². The summed E-state index contributed by atoms with van der Waals surface area (Å²) in [5, 5.41) is 2.54. The Morgan fingerprint density at radius 2 is 1.73 bits per heavy atom. The first-order valence-electron chi connectivity index (χ1n) is 7.71. The summed E-state index contributed by atoms with van der Waals surface area (Å²) in [5.74, 6) is -0.560. The molecule has 0 bridgehead atoms. The highest BCUT2D eigenvalue weighted by Gasteiger charge is 2.33. The van der Waals surface area contributed by atoms with E-state index in [9.17, 15) is 18.0 Å². The lowest BCUT2D eigenvalue weighted by molar-refractivity contribution is -0.137. The highest BCUT2D eigenvalue weighted by atomic mass is 35.5. The molecule has 1 N–H and O–H groups in total. The number of aromatic nitrogens is 2. The Bertz CT molecular complexity index is 1000. The van der Waals surface area contributed by atoms with E-state index in [-0.39, 0.29) is 22.1 Å². The zero-order valence-electron chi connectivity index (χ0n) is 14.2. The fourth-order valence-electron chi connectivity index (χ4n) is 2.88. The number of carbonyl (C=O) groups excluding carboxylic acids is 1. The molecule has 26 heavy (non-hydrogen) atoms. The Labute approximate surface area is 152 Å². The highest BCUT2D eigenvalue weighted by Crippen LogP contribution is 2.33. The molecule has 0 unspecified atom stereocenters. The summed E-state index contributed by atoms with van der Waals surface area (Å²) in [4.78, 5) is 16.8. The Morgan fingerprint density at radius 3 is 2.31 bits per heavy atom. The van der Waals surface area contributed by atoms with Gasteiger partial charge in [0.1, 0.15) is 5.69 Å². The zero-order valence-corrected chi connectivity index (χ0v) is 15.0. The predicted octanol–water partition coefficient (Wildman–Crippen LogP) is 5.18. The molecule has 0 radical (unpaired) electrons. The molecule has 0 spiro atoms. The van der Waals surface area contributed by atoms with Crippen molar-refractivity contribution in [2.45, 2.75) is 26.9 Å². The van der Waals surface area contributed by atoms with Crippen molar-refractivity contribution in [2.75, 3.05) is 5.32 Å². The van der Waals surface area contributed by atoms with Gasteiger partial charge in [0.2, 0.25) is 0 Å². The van der Waals surface area contributed by atoms with E-state index in [1.165, 1.54) is 0 Å². The Balaban J connectivity index is 2.10. The fraction of sp³-hybridized carbons (Fsp3) is 0.222. The van der Waals surface area contributed by atoms with Crippen molar-refractivity contribution in [2.24, 2.45) is 0 Å². The second-order valence-electron chi connectivity index (χ2n) is 6.14. The number of hydrogen-bond donors (Lipinski definition) is 1. The van der Waals surface area contributed by atoms with Crippen LogP contribution in [0, 0.1) is 20.8 Å². The number of anilines is 1. The molecule has 4 nitrogen and oxygen atoms in total. The number of pyridine rings is 1. The van der Waals surface area contributed by atoms with Crippen LogP contribution in [0.25, 0.3) is 5.65 Å². The quantitative estimate of drug-likeness (QED) is 0.664. The maximum atomic E-state index is 13.1. The number of nitrogens with zero attached hydrogens (tertiary/aromatic N) is 2. The molecule has 1 aromatic carbocycles. The van der Waals surface area contributed by atoms with Crippen LogP contribution < -0.4 is 5.32 Å². The van der Waals surface area contributed by atoms with Crippen molar-refractivity contribution >= 4 is 28.8 Å². The summed E-state index contributed by atoms with van der Waals surface area (Å²) in [6, 6.07) is 6.30. The van der Waals surface area contributed by atoms with Crippen LogP contribution in [0.4, 0.5) is 18.9 Å². The fourth-order valence-corrected chi connectivity index (χ4v) is 3.13. The van der Waals surface area contributed by atoms with Crippen LogP contribution in [0.15, 0.2) is 30.5 Å². The van der Waals surface area contributed by atoms with Crippen molar-refractivity contribution in [3.63, 3.8) is 0 Å². The SMILES string of the molecule is Cc1cc(C)cc(NC(=O)c2c(C)nc3c(Cl)cc(C(F)(F)F)cn23)c1. The van der Waals surface area contributed by atoms with E-state index in [0.717, 1.165) is 27.8 Å². The molecule has 2 aromatic heterocycles. The van der Waals surface area contributed by atoms with Crippen LogP contribution in [0.3, 0.4) is 0 Å². The van der Waals surface area contributed by atoms with Crippen LogP contribution in [-0.4, -0.2) is 15.3 Å². The summed E-state index contributed by atoms with van der Waals surface area (Å²) in [5.41, 5.74) is 1.91. The van der Waals surface area contributed by atoms with Gasteiger partial charge in [-0.3, -0.25) is 9.20 Å². The van der Waals surface area contributed by atoms with Crippen molar-refractivity contribution in [3.8, 4) is 0 Å². The molecule has 0 aliphatic carbocycles. The summed E-state index contributed by atoms with van der Waals surface area (Å²) in [7, 11) is 0. The van der Waals surface area contributed by atoms with E-state index in [1.807, 2.05) is 19.9 Å². The van der Waals surface area contributed by atoms with Crippen LogP contribution in [0.2, 0.25) is 5.02 Å². The molecular formula is C18H15ClF3N3O. The molecule has 0 aliphatic heterocycles. The summed E-state index contributed by atoms with van der Waals surface area (Å²) in [6.45, 7) is 5.32. The average molecular weight is 382 g/mol. The van der Waals surface area contributed by atoms with Gasteiger partial charge in [0.05, 0.1) is 16.3 Å². The number of nitrogens with one attached hydrogen (secondary N) is 1. The molecule has 2 heterocycles. The number of rotatable bonds is 2. The van der Waals surface area contributed by atoms with E-state index >= 15 is 0 Å². The minimum atomic E-state index is -4.59. The number of alkyl halides is 3. The lowest BCUT2D eigenvalue weighted by Gasteiger charge is -2.11. The maximum absolute atomic E-state index is 13.1. The summed E-state index contributed by atoms with van der Waals surface area (Å²) < 4.78 is 40.3. The van der Waals surface area contributed by atoms with E-state index in [0.29, 0.717) is 5.69 Å². The third-order valence-electron chi connectivity index (χ3n) is 3.87. The third kappa shape index (κ3) is 3.39. The largest absolute Gasteiger partial charge is 0.417 e. The predicted molar refractivity (Wildman–Crippen MR) is 93.8 cm³/mol. The van der Waals surface area contributed by atoms with Crippen molar-refractivity contribution in [3.05, 3.63) is 63.6 Å². The molecule has 3 rings (SSSR count). The number of fused-ring (bicyclic) bond motifs is 1. The van der Waals surface area contributed by atoms with Gasteiger partial charge in [-0.25, -0.2) is 4.98 Å². The highest BCUT2D eigenvalue weighted by molar-refractivity contribution is 6.33. The molecule has 0 aliphatic rings. The van der Waals surface area contributed by atoms with E-state index < -0.39 is 17.6 Å². The van der Waals surface area contributed by atoms with Gasteiger partial charge in [0.25, 0.3) is 5.91 Å². The Morgan fingerprint density at radius 1 is 1.12 bits per heavy atom. The molecule has 136 valence electrons. The number of imidazole rings is 1. The van der Waals surface area contributed by atoms with Gasteiger partial charge in [-0.15, -0.1) is 0 Å². The van der Waals surface area contributed by atoms with Gasteiger partial charge < -0.3 is 5.32 Å². The standard InChI is InChI=1S/C18H15ClF3N3O/c1-9-4-10(2)6-13(5-9)24-17(26)15-11(3)23-16-14(19)7-12(8-25(15)16)18(20,21)22/h4-8H,1-3H3,(H,24,26). The molecule has 0 atom stereocenters. The number of amides is 1. The molecular weight excluding hydrogens is 367 g/mol. The van der Waals surface area contributed by atoms with E-state index in [2.05, 4.69) is 10.3 Å². The van der Waals surface area contributed by atoms with Crippen molar-refractivity contribution in [1.82, 2.24) is 9.38 Å². The first kappa shape index (κ1) is 18.3. The minimum absolute atomic E-state index is 0.00663. The maximum Gasteiger partial charge on any atom is 0.417 e. The van der Waals surface area contributed by atoms with Crippen LogP contribution in [0.5, 0.6) is 0 Å².